The van der Waals surface area contributed by atoms with Gasteiger partial charge in [0.25, 0.3) is 5.91 Å². The van der Waals surface area contributed by atoms with Crippen LogP contribution in [0.25, 0.3) is 0 Å². The van der Waals surface area contributed by atoms with Crippen LogP contribution in [0.1, 0.15) is 24.5 Å². The van der Waals surface area contributed by atoms with E-state index in [1.807, 2.05) is 0 Å². The van der Waals surface area contributed by atoms with Crippen molar-refractivity contribution in [3.63, 3.8) is 0 Å². The summed E-state index contributed by atoms with van der Waals surface area (Å²) in [6.45, 7) is 1.76. The van der Waals surface area contributed by atoms with Gasteiger partial charge in [-0.3, -0.25) is 14.4 Å². The molecule has 1 aromatic carbocycles. The molecule has 1 N–H and O–H groups in total. The molecule has 132 valence electrons. The zero-order chi connectivity index (χ0) is 18.2. The van der Waals surface area contributed by atoms with Gasteiger partial charge in [-0.25, -0.2) is 13.6 Å². The summed E-state index contributed by atoms with van der Waals surface area (Å²) in [5.41, 5.74) is -0.461. The fourth-order valence-electron chi connectivity index (χ4n) is 3.08. The van der Waals surface area contributed by atoms with Crippen molar-refractivity contribution in [3.05, 3.63) is 53.4 Å². The van der Waals surface area contributed by atoms with Crippen LogP contribution in [0.15, 0.2) is 30.6 Å². The van der Waals surface area contributed by atoms with E-state index in [-0.39, 0.29) is 18.5 Å². The highest BCUT2D eigenvalue weighted by atomic mass is 19.2. The predicted octanol–water partition coefficient (Wildman–Crippen LogP) is 2.10. The summed E-state index contributed by atoms with van der Waals surface area (Å²) in [6, 6.07) is 3.31. The average molecular weight is 348 g/mol. The Kier molecular flexibility index (Phi) is 4.28. The first-order chi connectivity index (χ1) is 11.9. The third-order valence-corrected chi connectivity index (χ3v) is 4.54. The summed E-state index contributed by atoms with van der Waals surface area (Å²) in [5.74, 6) is -2.32. The van der Waals surface area contributed by atoms with Crippen LogP contribution in [0.3, 0.4) is 0 Å². The number of benzene rings is 1. The first kappa shape index (κ1) is 17.1. The molecule has 3 amide bonds. The Hall–Kier alpha value is -2.77. The van der Waals surface area contributed by atoms with Crippen molar-refractivity contribution >= 4 is 11.9 Å². The van der Waals surface area contributed by atoms with E-state index >= 15 is 0 Å². The van der Waals surface area contributed by atoms with Gasteiger partial charge >= 0.3 is 6.03 Å². The lowest BCUT2D eigenvalue weighted by Crippen LogP contribution is -2.43. The van der Waals surface area contributed by atoms with Gasteiger partial charge in [0.15, 0.2) is 11.6 Å². The Morgan fingerprint density at radius 1 is 1.28 bits per heavy atom. The number of imide groups is 1. The number of halogens is 2. The fraction of sp³-hybridized carbons (Fsp3) is 0.353. The van der Waals surface area contributed by atoms with Crippen LogP contribution >= 0.6 is 0 Å². The molecule has 6 nitrogen and oxygen atoms in total. The Morgan fingerprint density at radius 2 is 2.04 bits per heavy atom. The average Bonchev–Trinajstić information content (AvgIpc) is 3.12. The first-order valence-electron chi connectivity index (χ1n) is 7.95. The predicted molar refractivity (Wildman–Crippen MR) is 85.5 cm³/mol. The zero-order valence-corrected chi connectivity index (χ0v) is 13.9. The van der Waals surface area contributed by atoms with Crippen LogP contribution in [-0.4, -0.2) is 33.2 Å². The largest absolute Gasteiger partial charge is 0.325 e. The molecule has 2 aromatic rings. The topological polar surface area (TPSA) is 67.2 Å². The smallest absolute Gasteiger partial charge is 0.319 e. The van der Waals surface area contributed by atoms with E-state index in [9.17, 15) is 18.4 Å². The molecule has 0 spiro atoms. The Balaban J connectivity index is 1.82. The van der Waals surface area contributed by atoms with Crippen molar-refractivity contribution in [1.29, 1.82) is 0 Å². The summed E-state index contributed by atoms with van der Waals surface area (Å²) >= 11 is 0. The highest BCUT2D eigenvalue weighted by Gasteiger charge is 2.51. The molecule has 8 heteroatoms. The lowest BCUT2D eigenvalue weighted by atomic mass is 9.89. The fourth-order valence-corrected chi connectivity index (χ4v) is 3.08. The van der Waals surface area contributed by atoms with Gasteiger partial charge in [-0.1, -0.05) is 19.1 Å². The number of hydrogen-bond donors (Lipinski definition) is 1. The summed E-state index contributed by atoms with van der Waals surface area (Å²) in [7, 11) is 1.72. The van der Waals surface area contributed by atoms with Gasteiger partial charge in [0.1, 0.15) is 5.54 Å². The minimum Gasteiger partial charge on any atom is -0.319 e. The summed E-state index contributed by atoms with van der Waals surface area (Å²) in [5, 5.41) is 6.78. The Bertz CT molecular complexity index is 836. The number of nitrogens with one attached hydrogen (secondary N) is 1. The maximum absolute atomic E-state index is 13.8. The number of nitrogens with zero attached hydrogens (tertiary/aromatic N) is 3. The summed E-state index contributed by atoms with van der Waals surface area (Å²) in [6.07, 6.45) is 3.61. The van der Waals surface area contributed by atoms with E-state index < -0.39 is 29.1 Å². The number of urea groups is 1. The highest BCUT2D eigenvalue weighted by molar-refractivity contribution is 6.07. The lowest BCUT2D eigenvalue weighted by molar-refractivity contribution is -0.131. The van der Waals surface area contributed by atoms with E-state index in [1.54, 1.807) is 24.9 Å². The molecule has 2 heterocycles. The molecular weight excluding hydrogens is 330 g/mol. The van der Waals surface area contributed by atoms with Crippen molar-refractivity contribution in [2.45, 2.75) is 25.3 Å². The molecule has 0 aliphatic carbocycles. The highest BCUT2D eigenvalue weighted by Crippen LogP contribution is 2.32. The molecule has 0 radical (unpaired) electrons. The monoisotopic (exact) mass is 348 g/mol. The van der Waals surface area contributed by atoms with Gasteiger partial charge in [-0.2, -0.15) is 5.10 Å². The molecule has 1 aliphatic heterocycles. The first-order valence-corrected chi connectivity index (χ1v) is 7.95. The van der Waals surface area contributed by atoms with Gasteiger partial charge in [-0.05, 0) is 24.5 Å². The molecule has 1 aliphatic rings. The summed E-state index contributed by atoms with van der Waals surface area (Å²) < 4.78 is 28.6. The van der Waals surface area contributed by atoms with E-state index in [0.717, 1.165) is 11.0 Å². The number of rotatable bonds is 5. The molecule has 0 saturated carbocycles. The lowest BCUT2D eigenvalue weighted by Gasteiger charge is -2.23. The third kappa shape index (κ3) is 2.77. The van der Waals surface area contributed by atoms with Crippen molar-refractivity contribution < 1.29 is 18.4 Å². The number of aryl methyl sites for hydroxylation is 1. The second-order valence-corrected chi connectivity index (χ2v) is 6.01. The third-order valence-electron chi connectivity index (χ3n) is 4.54. The SMILES string of the molecule is CC[C@@]1(c2cnn(C)c2)NC(=O)N(CCc2cccc(F)c2F)C1=O. The minimum atomic E-state index is -1.17. The molecule has 0 unspecified atom stereocenters. The molecule has 25 heavy (non-hydrogen) atoms. The van der Waals surface area contributed by atoms with E-state index in [4.69, 9.17) is 0 Å². The van der Waals surface area contributed by atoms with Crippen molar-refractivity contribution in [3.8, 4) is 0 Å². The summed E-state index contributed by atoms with van der Waals surface area (Å²) in [4.78, 5) is 26.2. The molecule has 0 bridgehead atoms. The minimum absolute atomic E-state index is 0.0347. The molecule has 1 saturated heterocycles. The van der Waals surface area contributed by atoms with Crippen LogP contribution in [0.2, 0.25) is 0 Å². The Morgan fingerprint density at radius 3 is 2.68 bits per heavy atom. The van der Waals surface area contributed by atoms with Crippen LogP contribution < -0.4 is 5.32 Å². The van der Waals surface area contributed by atoms with Crippen molar-refractivity contribution in [2.75, 3.05) is 6.54 Å². The molecule has 1 atom stereocenters. The zero-order valence-electron chi connectivity index (χ0n) is 13.9. The number of carbonyl (C=O) groups is 2. The van der Waals surface area contributed by atoms with Gasteiger partial charge < -0.3 is 5.32 Å². The molecule has 1 fully saturated rings. The van der Waals surface area contributed by atoms with E-state index in [0.29, 0.717) is 12.0 Å². The van der Waals surface area contributed by atoms with Gasteiger partial charge in [-0.15, -0.1) is 0 Å². The van der Waals surface area contributed by atoms with Crippen LogP contribution in [0, 0.1) is 11.6 Å². The second kappa shape index (κ2) is 6.27. The molecule has 3 rings (SSSR count). The van der Waals surface area contributed by atoms with E-state index in [2.05, 4.69) is 10.4 Å². The second-order valence-electron chi connectivity index (χ2n) is 6.01. The number of aromatic nitrogens is 2. The maximum Gasteiger partial charge on any atom is 0.325 e. The van der Waals surface area contributed by atoms with Crippen molar-refractivity contribution in [2.24, 2.45) is 7.05 Å². The standard InChI is InChI=1S/C17H18F2N4O2/c1-3-17(12-9-20-22(2)10-12)15(24)23(16(25)21-17)8-7-11-5-4-6-13(18)14(11)19/h4-6,9-10H,3,7-8H2,1-2H3,(H,21,25)/t17-/m0/s1. The van der Waals surface area contributed by atoms with Crippen LogP contribution in [-0.2, 0) is 23.8 Å². The van der Waals surface area contributed by atoms with Gasteiger partial charge in [0.2, 0.25) is 0 Å². The van der Waals surface area contributed by atoms with Gasteiger partial charge in [0, 0.05) is 25.4 Å². The quantitative estimate of drug-likeness (QED) is 0.842. The van der Waals surface area contributed by atoms with Gasteiger partial charge in [0.05, 0.1) is 6.20 Å². The normalized spacial score (nSPS) is 20.2. The number of hydrogen-bond acceptors (Lipinski definition) is 3. The number of carbonyl (C=O) groups excluding carboxylic acids is 2. The molecule has 1 aromatic heterocycles. The van der Waals surface area contributed by atoms with Crippen LogP contribution in [0.4, 0.5) is 13.6 Å². The molecular formula is C17H18F2N4O2. The maximum atomic E-state index is 13.8. The number of amides is 3. The van der Waals surface area contributed by atoms with Crippen molar-refractivity contribution in [1.82, 2.24) is 20.0 Å². The Labute approximate surface area is 143 Å². The van der Waals surface area contributed by atoms with Crippen LogP contribution in [0.5, 0.6) is 0 Å². The van der Waals surface area contributed by atoms with E-state index in [1.165, 1.54) is 18.3 Å².